The molecule has 1 aromatic carbocycles. The minimum atomic E-state index is -4.61. The van der Waals surface area contributed by atoms with Gasteiger partial charge in [0.25, 0.3) is 0 Å². The van der Waals surface area contributed by atoms with E-state index >= 15 is 0 Å². The molecule has 0 amide bonds. The standard InChI is InChI=1S/C13H14F4O/c1-11(2)6-12(11,7-18)9-4-3-8(14)5-10(9)13(15,16)17/h3-5,18H,6-7H2,1-2H3. The fourth-order valence-electron chi connectivity index (χ4n) is 2.69. The Morgan fingerprint density at radius 2 is 1.83 bits per heavy atom. The zero-order chi connectivity index (χ0) is 13.8. The van der Waals surface area contributed by atoms with Gasteiger partial charge in [-0.1, -0.05) is 19.9 Å². The van der Waals surface area contributed by atoms with Crippen LogP contribution < -0.4 is 0 Å². The summed E-state index contributed by atoms with van der Waals surface area (Å²) in [6, 6.07) is 2.65. The maximum absolute atomic E-state index is 13.0. The lowest BCUT2D eigenvalue weighted by Crippen LogP contribution is -2.24. The number of alkyl halides is 3. The highest BCUT2D eigenvalue weighted by Gasteiger charge is 2.63. The number of halogens is 4. The van der Waals surface area contributed by atoms with Crippen LogP contribution in [0.4, 0.5) is 17.6 Å². The van der Waals surface area contributed by atoms with Gasteiger partial charge in [-0.25, -0.2) is 4.39 Å². The molecular formula is C13H14F4O. The highest BCUT2D eigenvalue weighted by atomic mass is 19.4. The second-order valence-corrected chi connectivity index (χ2v) is 5.49. The zero-order valence-corrected chi connectivity index (χ0v) is 10.1. The van der Waals surface area contributed by atoms with Crippen LogP contribution in [0.5, 0.6) is 0 Å². The van der Waals surface area contributed by atoms with Gasteiger partial charge < -0.3 is 5.11 Å². The number of hydrogen-bond acceptors (Lipinski definition) is 1. The van der Waals surface area contributed by atoms with Crippen molar-refractivity contribution in [2.45, 2.75) is 31.9 Å². The smallest absolute Gasteiger partial charge is 0.395 e. The minimum Gasteiger partial charge on any atom is -0.395 e. The summed E-state index contributed by atoms with van der Waals surface area (Å²) in [7, 11) is 0. The molecule has 0 aromatic heterocycles. The van der Waals surface area contributed by atoms with Gasteiger partial charge >= 0.3 is 6.18 Å². The van der Waals surface area contributed by atoms with Crippen molar-refractivity contribution in [2.75, 3.05) is 6.61 Å². The molecule has 5 heteroatoms. The summed E-state index contributed by atoms with van der Waals surface area (Å²) in [5, 5.41) is 9.44. The summed E-state index contributed by atoms with van der Waals surface area (Å²) in [6.07, 6.45) is -4.15. The molecule has 18 heavy (non-hydrogen) atoms. The molecule has 0 aliphatic heterocycles. The van der Waals surface area contributed by atoms with Crippen LogP contribution in [-0.2, 0) is 11.6 Å². The van der Waals surface area contributed by atoms with Crippen molar-refractivity contribution in [3.63, 3.8) is 0 Å². The Balaban J connectivity index is 2.59. The van der Waals surface area contributed by atoms with E-state index in [0.29, 0.717) is 12.5 Å². The van der Waals surface area contributed by atoms with Crippen LogP contribution in [-0.4, -0.2) is 11.7 Å². The highest BCUT2D eigenvalue weighted by molar-refractivity contribution is 5.44. The van der Waals surface area contributed by atoms with Crippen LogP contribution in [0, 0.1) is 11.2 Å². The van der Waals surface area contributed by atoms with Gasteiger partial charge in [0.05, 0.1) is 12.2 Å². The van der Waals surface area contributed by atoms with Gasteiger partial charge in [0, 0.05) is 5.41 Å². The summed E-state index contributed by atoms with van der Waals surface area (Å²) >= 11 is 0. The second-order valence-electron chi connectivity index (χ2n) is 5.49. The third-order valence-corrected chi connectivity index (χ3v) is 3.99. The molecule has 1 fully saturated rings. The molecule has 1 saturated carbocycles. The first kappa shape index (κ1) is 13.3. The average Bonchev–Trinajstić information content (AvgIpc) is 2.81. The SMILES string of the molecule is CC1(C)CC1(CO)c1ccc(F)cc1C(F)(F)F. The van der Waals surface area contributed by atoms with E-state index in [1.54, 1.807) is 13.8 Å². The third-order valence-electron chi connectivity index (χ3n) is 3.99. The molecule has 0 radical (unpaired) electrons. The van der Waals surface area contributed by atoms with Gasteiger partial charge in [0.1, 0.15) is 5.82 Å². The molecule has 0 bridgehead atoms. The predicted molar refractivity (Wildman–Crippen MR) is 58.6 cm³/mol. The Hall–Kier alpha value is -1.10. The molecular weight excluding hydrogens is 248 g/mol. The quantitative estimate of drug-likeness (QED) is 0.809. The first-order valence-electron chi connectivity index (χ1n) is 5.62. The number of aliphatic hydroxyl groups is 1. The monoisotopic (exact) mass is 262 g/mol. The van der Waals surface area contributed by atoms with Crippen LogP contribution in [0.3, 0.4) is 0 Å². The van der Waals surface area contributed by atoms with Gasteiger partial charge in [0.2, 0.25) is 0 Å². The van der Waals surface area contributed by atoms with Gasteiger partial charge in [-0.3, -0.25) is 0 Å². The number of benzene rings is 1. The van der Waals surface area contributed by atoms with Gasteiger partial charge in [-0.2, -0.15) is 13.2 Å². The van der Waals surface area contributed by atoms with Crippen LogP contribution in [0.1, 0.15) is 31.4 Å². The molecule has 0 saturated heterocycles. The molecule has 1 N–H and O–H groups in total. The van der Waals surface area contributed by atoms with Crippen molar-refractivity contribution in [2.24, 2.45) is 5.41 Å². The molecule has 1 aliphatic carbocycles. The van der Waals surface area contributed by atoms with Gasteiger partial charge in [0.15, 0.2) is 0 Å². The Bertz CT molecular complexity index is 478. The van der Waals surface area contributed by atoms with E-state index in [1.807, 2.05) is 0 Å². The molecule has 0 spiro atoms. The minimum absolute atomic E-state index is 0.0103. The summed E-state index contributed by atoms with van der Waals surface area (Å²) in [6.45, 7) is 3.23. The molecule has 1 nitrogen and oxygen atoms in total. The summed E-state index contributed by atoms with van der Waals surface area (Å²) in [5.74, 6) is -0.919. The molecule has 0 heterocycles. The van der Waals surface area contributed by atoms with E-state index in [0.717, 1.165) is 12.1 Å². The first-order valence-corrected chi connectivity index (χ1v) is 5.62. The topological polar surface area (TPSA) is 20.2 Å². The summed E-state index contributed by atoms with van der Waals surface area (Å²) in [5.41, 5.74) is -2.31. The maximum atomic E-state index is 13.0. The Labute approximate surface area is 102 Å². The Morgan fingerprint density at radius 3 is 2.22 bits per heavy atom. The van der Waals surface area contributed by atoms with Crippen LogP contribution in [0.25, 0.3) is 0 Å². The second kappa shape index (κ2) is 3.70. The molecule has 1 atom stereocenters. The normalized spacial score (nSPS) is 26.2. The molecule has 1 unspecified atom stereocenters. The van der Waals surface area contributed by atoms with Crippen molar-refractivity contribution >= 4 is 0 Å². The predicted octanol–water partition coefficient (Wildman–Crippen LogP) is 3.50. The number of rotatable bonds is 2. The van der Waals surface area contributed by atoms with Crippen LogP contribution in [0.2, 0.25) is 0 Å². The first-order chi connectivity index (χ1) is 8.14. The van der Waals surface area contributed by atoms with Crippen LogP contribution in [0.15, 0.2) is 18.2 Å². The van der Waals surface area contributed by atoms with E-state index in [2.05, 4.69) is 0 Å². The fraction of sp³-hybridized carbons (Fsp3) is 0.538. The number of hydrogen-bond donors (Lipinski definition) is 1. The maximum Gasteiger partial charge on any atom is 0.416 e. The van der Waals surface area contributed by atoms with E-state index in [9.17, 15) is 22.7 Å². The lowest BCUT2D eigenvalue weighted by atomic mass is 9.85. The molecule has 1 aliphatic rings. The third kappa shape index (κ3) is 1.81. The molecule has 1 aromatic rings. The lowest BCUT2D eigenvalue weighted by molar-refractivity contribution is -0.138. The lowest BCUT2D eigenvalue weighted by Gasteiger charge is -2.23. The summed E-state index contributed by atoms with van der Waals surface area (Å²) in [4.78, 5) is 0. The highest BCUT2D eigenvalue weighted by Crippen LogP contribution is 2.65. The number of aliphatic hydroxyl groups excluding tert-OH is 1. The van der Waals surface area contributed by atoms with Crippen molar-refractivity contribution in [3.8, 4) is 0 Å². The van der Waals surface area contributed by atoms with Crippen molar-refractivity contribution in [3.05, 3.63) is 35.1 Å². The van der Waals surface area contributed by atoms with Crippen LogP contribution >= 0.6 is 0 Å². The van der Waals surface area contributed by atoms with E-state index in [1.165, 1.54) is 0 Å². The van der Waals surface area contributed by atoms with Gasteiger partial charge in [-0.05, 0) is 29.5 Å². The van der Waals surface area contributed by atoms with Crippen molar-refractivity contribution < 1.29 is 22.7 Å². The molecule has 2 rings (SSSR count). The van der Waals surface area contributed by atoms with Crippen molar-refractivity contribution in [1.29, 1.82) is 0 Å². The van der Waals surface area contributed by atoms with Gasteiger partial charge in [-0.15, -0.1) is 0 Å². The fourth-order valence-corrected chi connectivity index (χ4v) is 2.69. The van der Waals surface area contributed by atoms with E-state index in [4.69, 9.17) is 0 Å². The zero-order valence-electron chi connectivity index (χ0n) is 10.1. The average molecular weight is 262 g/mol. The largest absolute Gasteiger partial charge is 0.416 e. The Kier molecular flexibility index (Phi) is 2.74. The van der Waals surface area contributed by atoms with E-state index < -0.39 is 28.4 Å². The molecule has 100 valence electrons. The van der Waals surface area contributed by atoms with E-state index in [-0.39, 0.29) is 12.2 Å². The Morgan fingerprint density at radius 1 is 1.28 bits per heavy atom. The van der Waals surface area contributed by atoms with Crippen molar-refractivity contribution in [1.82, 2.24) is 0 Å². The summed E-state index contributed by atoms with van der Waals surface area (Å²) < 4.78 is 51.8.